The van der Waals surface area contributed by atoms with Crippen molar-refractivity contribution in [2.75, 3.05) is 6.61 Å². The molecule has 2 aliphatic rings. The number of carbonyl (C=O) groups excluding carboxylic acids is 1. The number of aliphatic hydroxyl groups is 2. The molecule has 1 saturated carbocycles. The molecule has 2 fully saturated rings. The van der Waals surface area contributed by atoms with Gasteiger partial charge in [0.05, 0.1) is 12.1 Å². The van der Waals surface area contributed by atoms with Crippen molar-refractivity contribution in [3.8, 4) is 0 Å². The lowest BCUT2D eigenvalue weighted by molar-refractivity contribution is -0.110. The largest absolute Gasteiger partial charge is 0.444 e. The Kier molecular flexibility index (Phi) is 7.67. The van der Waals surface area contributed by atoms with E-state index >= 15 is 0 Å². The average Bonchev–Trinajstić information content (AvgIpc) is 2.84. The van der Waals surface area contributed by atoms with Gasteiger partial charge in [-0.25, -0.2) is 4.79 Å². The summed E-state index contributed by atoms with van der Waals surface area (Å²) in [4.78, 5) is 14.9. The summed E-state index contributed by atoms with van der Waals surface area (Å²) in [5, 5.41) is 20.7. The third kappa shape index (κ3) is 6.56. The molecule has 1 amide bonds. The highest BCUT2D eigenvalue weighted by Crippen LogP contribution is 2.41. The van der Waals surface area contributed by atoms with Crippen molar-refractivity contribution in [1.82, 2.24) is 4.90 Å². The first-order valence-corrected chi connectivity index (χ1v) is 11.2. The second kappa shape index (κ2) is 9.11. The van der Waals surface area contributed by atoms with Crippen molar-refractivity contribution in [1.29, 1.82) is 0 Å². The van der Waals surface area contributed by atoms with Crippen molar-refractivity contribution >= 4 is 6.09 Å². The Morgan fingerprint density at radius 2 is 1.76 bits per heavy atom. The summed E-state index contributed by atoms with van der Waals surface area (Å²) in [7, 11) is 0. The van der Waals surface area contributed by atoms with E-state index in [0.717, 1.165) is 19.3 Å². The molecule has 1 saturated heterocycles. The summed E-state index contributed by atoms with van der Waals surface area (Å²) >= 11 is 0. The third-order valence-corrected chi connectivity index (χ3v) is 6.17. The number of hydrogen-bond donors (Lipinski definition) is 2. The van der Waals surface area contributed by atoms with E-state index in [1.54, 1.807) is 4.90 Å². The maximum atomic E-state index is 13.1. The van der Waals surface area contributed by atoms with Gasteiger partial charge < -0.3 is 19.7 Å². The molecule has 2 N–H and O–H groups in total. The third-order valence-electron chi connectivity index (χ3n) is 6.17. The van der Waals surface area contributed by atoms with Gasteiger partial charge in [-0.15, -0.1) is 0 Å². The molecule has 0 aromatic rings. The molecule has 29 heavy (non-hydrogen) atoms. The van der Waals surface area contributed by atoms with Crippen LogP contribution in [-0.2, 0) is 9.47 Å². The second-order valence-corrected chi connectivity index (χ2v) is 11.3. The van der Waals surface area contributed by atoms with E-state index in [1.807, 2.05) is 48.5 Å². The molecule has 0 aromatic heterocycles. The van der Waals surface area contributed by atoms with Crippen molar-refractivity contribution < 1.29 is 24.5 Å². The zero-order valence-electron chi connectivity index (χ0n) is 19.5. The summed E-state index contributed by atoms with van der Waals surface area (Å²) in [6, 6.07) is -0.243. The molecule has 6 nitrogen and oxygen atoms in total. The van der Waals surface area contributed by atoms with Crippen molar-refractivity contribution in [2.24, 2.45) is 11.3 Å². The van der Waals surface area contributed by atoms with E-state index in [9.17, 15) is 15.0 Å². The van der Waals surface area contributed by atoms with Crippen LogP contribution in [0.15, 0.2) is 0 Å². The van der Waals surface area contributed by atoms with Crippen LogP contribution < -0.4 is 0 Å². The Balaban J connectivity index is 2.29. The lowest BCUT2D eigenvalue weighted by Gasteiger charge is -2.37. The van der Waals surface area contributed by atoms with Gasteiger partial charge in [0.1, 0.15) is 17.4 Å². The molecule has 3 atom stereocenters. The number of ether oxygens (including phenoxy) is 2. The zero-order valence-corrected chi connectivity index (χ0v) is 19.5. The first kappa shape index (κ1) is 24.4. The van der Waals surface area contributed by atoms with E-state index < -0.39 is 28.9 Å². The maximum absolute atomic E-state index is 13.1. The van der Waals surface area contributed by atoms with Gasteiger partial charge in [0.15, 0.2) is 0 Å². The monoisotopic (exact) mass is 413 g/mol. The summed E-state index contributed by atoms with van der Waals surface area (Å²) < 4.78 is 12.0. The van der Waals surface area contributed by atoms with Crippen molar-refractivity contribution in [3.63, 3.8) is 0 Å². The van der Waals surface area contributed by atoms with E-state index in [-0.39, 0.29) is 18.7 Å². The highest BCUT2D eigenvalue weighted by atomic mass is 16.6. The SMILES string of the molecule is CC(C)(CO)C[C@H](O)[C@@H]1OC(C)(C)N(C(=O)OC(C)(C)C)[C@H]1CC1CCCCC1. The van der Waals surface area contributed by atoms with Crippen LogP contribution in [-0.4, -0.2) is 57.4 Å². The maximum Gasteiger partial charge on any atom is 0.412 e. The molecule has 0 aromatic carbocycles. The van der Waals surface area contributed by atoms with Crippen molar-refractivity contribution in [3.05, 3.63) is 0 Å². The zero-order chi connectivity index (χ0) is 22.0. The molecule has 0 bridgehead atoms. The summed E-state index contributed by atoms with van der Waals surface area (Å²) in [5.74, 6) is 0.525. The molecular formula is C23H43NO5. The van der Waals surface area contributed by atoms with Crippen molar-refractivity contribution in [2.45, 2.75) is 123 Å². The highest BCUT2D eigenvalue weighted by Gasteiger charge is 2.54. The average molecular weight is 414 g/mol. The van der Waals surface area contributed by atoms with E-state index in [1.165, 1.54) is 19.3 Å². The fourth-order valence-electron chi connectivity index (χ4n) is 4.77. The lowest BCUT2D eigenvalue weighted by Crippen LogP contribution is -2.51. The summed E-state index contributed by atoms with van der Waals surface area (Å²) in [5.41, 5.74) is -1.88. The van der Waals surface area contributed by atoms with Gasteiger partial charge in [-0.1, -0.05) is 46.0 Å². The first-order valence-electron chi connectivity index (χ1n) is 11.2. The molecule has 0 radical (unpaired) electrons. The molecule has 1 aliphatic heterocycles. The normalized spacial score (nSPS) is 27.1. The van der Waals surface area contributed by atoms with Crippen LogP contribution in [0.25, 0.3) is 0 Å². The Bertz CT molecular complexity index is 548. The molecule has 2 rings (SSSR count). The van der Waals surface area contributed by atoms with Crippen LogP contribution in [0.4, 0.5) is 4.79 Å². The fraction of sp³-hybridized carbons (Fsp3) is 0.957. The smallest absolute Gasteiger partial charge is 0.412 e. The summed E-state index contributed by atoms with van der Waals surface area (Å²) in [6.45, 7) is 13.2. The Morgan fingerprint density at radius 1 is 1.17 bits per heavy atom. The quantitative estimate of drug-likeness (QED) is 0.672. The molecule has 0 unspecified atom stereocenters. The van der Waals surface area contributed by atoms with E-state index in [0.29, 0.717) is 12.3 Å². The number of nitrogens with zero attached hydrogens (tertiary/aromatic N) is 1. The topological polar surface area (TPSA) is 79.2 Å². The molecular weight excluding hydrogens is 370 g/mol. The molecule has 6 heteroatoms. The van der Waals surface area contributed by atoms with Crippen LogP contribution in [0.5, 0.6) is 0 Å². The molecule has 1 heterocycles. The van der Waals surface area contributed by atoms with Crippen LogP contribution in [0.3, 0.4) is 0 Å². The van der Waals surface area contributed by atoms with E-state index in [2.05, 4.69) is 0 Å². The van der Waals surface area contributed by atoms with Crippen LogP contribution >= 0.6 is 0 Å². The molecule has 170 valence electrons. The Hall–Kier alpha value is -0.850. The van der Waals surface area contributed by atoms with Gasteiger partial charge in [0, 0.05) is 6.61 Å². The minimum absolute atomic E-state index is 0.0107. The standard InChI is InChI=1S/C23H43NO5/c1-21(2,3)29-20(27)24-17(13-16-11-9-8-10-12-16)19(28-23(24,6)7)18(26)14-22(4,5)15-25/h16-19,25-26H,8-15H2,1-7H3/t17-,18-,19+/m0/s1. The van der Waals surface area contributed by atoms with Crippen LogP contribution in [0.1, 0.15) is 93.4 Å². The number of amides is 1. The van der Waals surface area contributed by atoms with Gasteiger partial charge in [-0.05, 0) is 58.8 Å². The van der Waals surface area contributed by atoms with Gasteiger partial charge in [-0.3, -0.25) is 4.90 Å². The predicted molar refractivity (Wildman–Crippen MR) is 113 cm³/mol. The Labute approximate surface area is 176 Å². The molecule has 0 spiro atoms. The Morgan fingerprint density at radius 3 is 2.28 bits per heavy atom. The summed E-state index contributed by atoms with van der Waals surface area (Å²) in [6.07, 6.45) is 5.60. The number of rotatable bonds is 6. The minimum atomic E-state index is -0.864. The lowest BCUT2D eigenvalue weighted by atomic mass is 9.80. The number of hydrogen-bond acceptors (Lipinski definition) is 5. The second-order valence-electron chi connectivity index (χ2n) is 11.3. The van der Waals surface area contributed by atoms with Crippen LogP contribution in [0.2, 0.25) is 0 Å². The highest BCUT2D eigenvalue weighted by molar-refractivity contribution is 5.70. The molecule has 1 aliphatic carbocycles. The van der Waals surface area contributed by atoms with Gasteiger partial charge >= 0.3 is 6.09 Å². The number of carbonyl (C=O) groups is 1. The van der Waals surface area contributed by atoms with Gasteiger partial charge in [-0.2, -0.15) is 0 Å². The first-order chi connectivity index (χ1) is 13.3. The van der Waals surface area contributed by atoms with Gasteiger partial charge in [0.2, 0.25) is 0 Å². The van der Waals surface area contributed by atoms with Gasteiger partial charge in [0.25, 0.3) is 0 Å². The minimum Gasteiger partial charge on any atom is -0.444 e. The fourth-order valence-corrected chi connectivity index (χ4v) is 4.77. The predicted octanol–water partition coefficient (Wildman–Crippen LogP) is 4.47. The van der Waals surface area contributed by atoms with Crippen LogP contribution in [0, 0.1) is 11.3 Å². The number of aliphatic hydroxyl groups excluding tert-OH is 2. The van der Waals surface area contributed by atoms with E-state index in [4.69, 9.17) is 9.47 Å².